The molecule has 2 aromatic rings. The number of carbonyl (C=O) groups is 1. The fourth-order valence-electron chi connectivity index (χ4n) is 2.12. The lowest BCUT2D eigenvalue weighted by Crippen LogP contribution is -2.33. The van der Waals surface area contributed by atoms with Gasteiger partial charge in [0.1, 0.15) is 5.76 Å². The minimum Gasteiger partial charge on any atom is -0.468 e. The molecule has 1 heterocycles. The number of nitriles is 1. The molecule has 0 saturated heterocycles. The van der Waals surface area contributed by atoms with Gasteiger partial charge in [-0.1, -0.05) is 17.7 Å². The minimum absolute atomic E-state index is 0.158. The number of nitrogens with zero attached hydrogens (tertiary/aromatic N) is 2. The highest BCUT2D eigenvalue weighted by atomic mass is 35.5. The van der Waals surface area contributed by atoms with E-state index in [0.29, 0.717) is 30.2 Å². The van der Waals surface area contributed by atoms with Crippen molar-refractivity contribution in [2.75, 3.05) is 18.4 Å². The van der Waals surface area contributed by atoms with Crippen molar-refractivity contribution in [3.8, 4) is 6.07 Å². The average Bonchev–Trinajstić information content (AvgIpc) is 3.01. The van der Waals surface area contributed by atoms with Crippen LogP contribution in [-0.2, 0) is 11.3 Å². The van der Waals surface area contributed by atoms with Crippen LogP contribution in [0, 0.1) is 18.3 Å². The Morgan fingerprint density at radius 2 is 2.26 bits per heavy atom. The number of amides is 1. The lowest BCUT2D eigenvalue weighted by atomic mass is 10.2. The third-order valence-corrected chi connectivity index (χ3v) is 3.73. The number of hydrogen-bond donors (Lipinski definition) is 1. The maximum atomic E-state index is 12.2. The third-order valence-electron chi connectivity index (χ3n) is 3.32. The molecule has 0 radical (unpaired) electrons. The highest BCUT2D eigenvalue weighted by Gasteiger charge is 2.13. The van der Waals surface area contributed by atoms with Gasteiger partial charge in [-0.3, -0.25) is 9.69 Å². The smallest absolute Gasteiger partial charge is 0.238 e. The van der Waals surface area contributed by atoms with E-state index in [1.807, 2.05) is 30.0 Å². The van der Waals surface area contributed by atoms with Crippen LogP contribution in [0.2, 0.25) is 5.02 Å². The van der Waals surface area contributed by atoms with Gasteiger partial charge in [-0.05, 0) is 36.8 Å². The van der Waals surface area contributed by atoms with Crippen LogP contribution in [0.15, 0.2) is 41.0 Å². The summed E-state index contributed by atoms with van der Waals surface area (Å²) in [4.78, 5) is 14.1. The van der Waals surface area contributed by atoms with E-state index >= 15 is 0 Å². The standard InChI is InChI=1S/C17H18ClN3O2/c1-13-5-6-14(10-16(13)18)20-17(22)12-21(8-3-7-19)11-15-4-2-9-23-15/h2,4-6,9-10H,3,8,11-12H2,1H3,(H,20,22). The second-order valence-electron chi connectivity index (χ2n) is 5.21. The number of aryl methyl sites for hydroxylation is 1. The molecular formula is C17H18ClN3O2. The normalized spacial score (nSPS) is 10.5. The van der Waals surface area contributed by atoms with Crippen molar-refractivity contribution in [2.24, 2.45) is 0 Å². The van der Waals surface area contributed by atoms with E-state index in [1.165, 1.54) is 0 Å². The van der Waals surface area contributed by atoms with E-state index < -0.39 is 0 Å². The predicted octanol–water partition coefficient (Wildman–Crippen LogP) is 3.60. The molecule has 0 atom stereocenters. The summed E-state index contributed by atoms with van der Waals surface area (Å²) in [6.07, 6.45) is 1.94. The Labute approximate surface area is 140 Å². The molecule has 1 N–H and O–H groups in total. The average molecular weight is 332 g/mol. The van der Waals surface area contributed by atoms with Crippen LogP contribution >= 0.6 is 11.6 Å². The molecule has 0 saturated carbocycles. The molecule has 0 aliphatic rings. The first-order chi connectivity index (χ1) is 11.1. The van der Waals surface area contributed by atoms with E-state index in [9.17, 15) is 4.79 Å². The number of carbonyl (C=O) groups excluding carboxylic acids is 1. The van der Waals surface area contributed by atoms with Crippen molar-refractivity contribution < 1.29 is 9.21 Å². The highest BCUT2D eigenvalue weighted by Crippen LogP contribution is 2.20. The number of furan rings is 1. The molecule has 0 aliphatic carbocycles. The van der Waals surface area contributed by atoms with E-state index in [0.717, 1.165) is 11.3 Å². The summed E-state index contributed by atoms with van der Waals surface area (Å²) in [7, 11) is 0. The maximum absolute atomic E-state index is 12.2. The molecule has 0 fully saturated rings. The summed E-state index contributed by atoms with van der Waals surface area (Å²) >= 11 is 6.06. The fourth-order valence-corrected chi connectivity index (χ4v) is 2.30. The zero-order chi connectivity index (χ0) is 16.7. The zero-order valence-electron chi connectivity index (χ0n) is 12.9. The SMILES string of the molecule is Cc1ccc(NC(=O)CN(CCC#N)Cc2ccco2)cc1Cl. The largest absolute Gasteiger partial charge is 0.468 e. The molecule has 0 spiro atoms. The van der Waals surface area contributed by atoms with Gasteiger partial charge in [0.15, 0.2) is 0 Å². The zero-order valence-corrected chi connectivity index (χ0v) is 13.6. The van der Waals surface area contributed by atoms with Crippen LogP contribution in [0.25, 0.3) is 0 Å². The lowest BCUT2D eigenvalue weighted by molar-refractivity contribution is -0.117. The maximum Gasteiger partial charge on any atom is 0.238 e. The van der Waals surface area contributed by atoms with Gasteiger partial charge in [0, 0.05) is 23.7 Å². The number of halogens is 1. The first kappa shape index (κ1) is 17.1. The monoisotopic (exact) mass is 331 g/mol. The van der Waals surface area contributed by atoms with Crippen LogP contribution in [0.5, 0.6) is 0 Å². The second-order valence-corrected chi connectivity index (χ2v) is 5.62. The summed E-state index contributed by atoms with van der Waals surface area (Å²) in [6, 6.07) is 11.1. The molecule has 1 amide bonds. The Morgan fingerprint density at radius 3 is 2.91 bits per heavy atom. The molecule has 2 rings (SSSR count). The summed E-state index contributed by atoms with van der Waals surface area (Å²) < 4.78 is 5.30. The molecule has 1 aromatic carbocycles. The molecule has 120 valence electrons. The molecule has 0 bridgehead atoms. The molecule has 23 heavy (non-hydrogen) atoms. The van der Waals surface area contributed by atoms with Crippen molar-refractivity contribution in [1.29, 1.82) is 5.26 Å². The van der Waals surface area contributed by atoms with Gasteiger partial charge >= 0.3 is 0 Å². The van der Waals surface area contributed by atoms with Gasteiger partial charge < -0.3 is 9.73 Å². The van der Waals surface area contributed by atoms with E-state index in [-0.39, 0.29) is 12.5 Å². The molecular weight excluding hydrogens is 314 g/mol. The lowest BCUT2D eigenvalue weighted by Gasteiger charge is -2.19. The first-order valence-electron chi connectivity index (χ1n) is 7.26. The Kier molecular flexibility index (Phi) is 6.21. The summed E-state index contributed by atoms with van der Waals surface area (Å²) in [5.41, 5.74) is 1.61. The van der Waals surface area contributed by atoms with Gasteiger partial charge in [0.2, 0.25) is 5.91 Å². The van der Waals surface area contributed by atoms with Crippen molar-refractivity contribution in [3.63, 3.8) is 0 Å². The number of rotatable bonds is 7. The van der Waals surface area contributed by atoms with Gasteiger partial charge in [0.25, 0.3) is 0 Å². The van der Waals surface area contributed by atoms with Gasteiger partial charge in [-0.25, -0.2) is 0 Å². The number of nitrogens with one attached hydrogen (secondary N) is 1. The van der Waals surface area contributed by atoms with Gasteiger partial charge in [-0.2, -0.15) is 5.26 Å². The first-order valence-corrected chi connectivity index (χ1v) is 7.64. The van der Waals surface area contributed by atoms with E-state index in [2.05, 4.69) is 11.4 Å². The number of benzene rings is 1. The van der Waals surface area contributed by atoms with Crippen LogP contribution < -0.4 is 5.32 Å². The van der Waals surface area contributed by atoms with Crippen LogP contribution in [0.1, 0.15) is 17.7 Å². The van der Waals surface area contributed by atoms with E-state index in [4.69, 9.17) is 21.3 Å². The fraction of sp³-hybridized carbons (Fsp3) is 0.294. The van der Waals surface area contributed by atoms with Crippen LogP contribution in [-0.4, -0.2) is 23.9 Å². The molecule has 1 aromatic heterocycles. The Morgan fingerprint density at radius 1 is 1.43 bits per heavy atom. The Bertz CT molecular complexity index is 692. The second kappa shape index (κ2) is 8.37. The quantitative estimate of drug-likeness (QED) is 0.841. The summed E-state index contributed by atoms with van der Waals surface area (Å²) in [5, 5.41) is 12.2. The summed E-state index contributed by atoms with van der Waals surface area (Å²) in [6.45, 7) is 3.06. The highest BCUT2D eigenvalue weighted by molar-refractivity contribution is 6.31. The summed E-state index contributed by atoms with van der Waals surface area (Å²) in [5.74, 6) is 0.600. The molecule has 6 heteroatoms. The van der Waals surface area contributed by atoms with Gasteiger partial charge in [0.05, 0.1) is 25.4 Å². The Balaban J connectivity index is 1.95. The predicted molar refractivity (Wildman–Crippen MR) is 89.0 cm³/mol. The van der Waals surface area contributed by atoms with Crippen LogP contribution in [0.3, 0.4) is 0 Å². The molecule has 5 nitrogen and oxygen atoms in total. The van der Waals surface area contributed by atoms with Crippen molar-refractivity contribution in [1.82, 2.24) is 4.90 Å². The van der Waals surface area contributed by atoms with Crippen molar-refractivity contribution >= 4 is 23.2 Å². The number of hydrogen-bond acceptors (Lipinski definition) is 4. The number of anilines is 1. The van der Waals surface area contributed by atoms with Crippen LogP contribution in [0.4, 0.5) is 5.69 Å². The van der Waals surface area contributed by atoms with E-state index in [1.54, 1.807) is 18.4 Å². The topological polar surface area (TPSA) is 69.3 Å². The minimum atomic E-state index is -0.158. The third kappa shape index (κ3) is 5.44. The van der Waals surface area contributed by atoms with Crippen molar-refractivity contribution in [3.05, 3.63) is 52.9 Å². The van der Waals surface area contributed by atoms with Gasteiger partial charge in [-0.15, -0.1) is 0 Å². The van der Waals surface area contributed by atoms with Crippen molar-refractivity contribution in [2.45, 2.75) is 19.9 Å². The molecule has 0 aliphatic heterocycles. The Hall–Kier alpha value is -2.29. The molecule has 0 unspecified atom stereocenters.